The third-order valence-corrected chi connectivity index (χ3v) is 4.49. The Morgan fingerprint density at radius 2 is 1.75 bits per heavy atom. The van der Waals surface area contributed by atoms with Crippen LogP contribution in [-0.2, 0) is 6.42 Å². The lowest BCUT2D eigenvalue weighted by atomic mass is 10.0. The highest BCUT2D eigenvalue weighted by atomic mass is 19.1. The molecule has 142 valence electrons. The van der Waals surface area contributed by atoms with Crippen LogP contribution in [-0.4, -0.2) is 45.4 Å². The van der Waals surface area contributed by atoms with Crippen molar-refractivity contribution in [1.82, 2.24) is 24.8 Å². The molecule has 2 aromatic carbocycles. The van der Waals surface area contributed by atoms with Crippen LogP contribution in [0.1, 0.15) is 5.56 Å². The number of hydrogen-bond donors (Lipinski definition) is 1. The van der Waals surface area contributed by atoms with Gasteiger partial charge in [0.25, 0.3) is 0 Å². The second-order valence-electron chi connectivity index (χ2n) is 6.94. The summed E-state index contributed by atoms with van der Waals surface area (Å²) in [6.45, 7) is 1.01. The third-order valence-electron chi connectivity index (χ3n) is 4.49. The van der Waals surface area contributed by atoms with E-state index in [0.717, 1.165) is 35.5 Å². The first-order chi connectivity index (χ1) is 13.6. The maximum atomic E-state index is 13.1. The SMILES string of the molecule is CN(C)CCc1ccc(-c2nnc3ncn(Nc4ccc(F)cc4)cc2-3)cc1. The monoisotopic (exact) mass is 376 g/mol. The molecule has 1 N–H and O–H groups in total. The molecule has 0 aliphatic carbocycles. The Bertz CT molecular complexity index is 1020. The predicted octanol–water partition coefficient (Wildman–Crippen LogP) is 3.56. The van der Waals surface area contributed by atoms with Crippen molar-refractivity contribution in [1.29, 1.82) is 0 Å². The lowest BCUT2D eigenvalue weighted by molar-refractivity contribution is 0.413. The summed E-state index contributed by atoms with van der Waals surface area (Å²) in [5.41, 5.74) is 7.83. The van der Waals surface area contributed by atoms with Crippen LogP contribution < -0.4 is 5.43 Å². The molecule has 0 aromatic heterocycles. The normalized spacial score (nSPS) is 11.3. The highest BCUT2D eigenvalue weighted by Crippen LogP contribution is 2.29. The molecule has 2 aromatic rings. The van der Waals surface area contributed by atoms with E-state index in [4.69, 9.17) is 0 Å². The van der Waals surface area contributed by atoms with E-state index >= 15 is 0 Å². The number of halogens is 1. The summed E-state index contributed by atoms with van der Waals surface area (Å²) in [5.74, 6) is 0.314. The van der Waals surface area contributed by atoms with Crippen LogP contribution in [0.3, 0.4) is 0 Å². The number of nitrogens with zero attached hydrogens (tertiary/aromatic N) is 5. The second-order valence-corrected chi connectivity index (χ2v) is 6.94. The van der Waals surface area contributed by atoms with Crippen LogP contribution in [0.5, 0.6) is 0 Å². The average molecular weight is 376 g/mol. The van der Waals surface area contributed by atoms with Gasteiger partial charge in [-0.05, 0) is 50.3 Å². The Morgan fingerprint density at radius 3 is 2.46 bits per heavy atom. The van der Waals surface area contributed by atoms with Crippen molar-refractivity contribution in [3.63, 3.8) is 0 Å². The maximum Gasteiger partial charge on any atom is 0.187 e. The zero-order valence-corrected chi connectivity index (χ0v) is 15.8. The Labute approximate surface area is 163 Å². The lowest BCUT2D eigenvalue weighted by Gasteiger charge is -2.11. The molecular formula is C21H21FN6. The molecule has 2 aliphatic heterocycles. The van der Waals surface area contributed by atoms with Gasteiger partial charge in [-0.15, -0.1) is 10.2 Å². The van der Waals surface area contributed by atoms with Gasteiger partial charge in [0.05, 0.1) is 11.3 Å². The molecule has 0 saturated heterocycles. The number of aromatic nitrogens is 4. The molecule has 0 spiro atoms. The van der Waals surface area contributed by atoms with E-state index in [2.05, 4.69) is 63.9 Å². The van der Waals surface area contributed by atoms with E-state index in [0.29, 0.717) is 5.82 Å². The largest absolute Gasteiger partial charge is 0.309 e. The summed E-state index contributed by atoms with van der Waals surface area (Å²) < 4.78 is 14.8. The number of benzene rings is 2. The van der Waals surface area contributed by atoms with Gasteiger partial charge in [-0.3, -0.25) is 10.1 Å². The van der Waals surface area contributed by atoms with Crippen LogP contribution in [0, 0.1) is 5.82 Å². The summed E-state index contributed by atoms with van der Waals surface area (Å²) in [6.07, 6.45) is 4.51. The van der Waals surface area contributed by atoms with Crippen molar-refractivity contribution in [2.75, 3.05) is 26.1 Å². The minimum absolute atomic E-state index is 0.273. The summed E-state index contributed by atoms with van der Waals surface area (Å²) >= 11 is 0. The molecule has 0 radical (unpaired) electrons. The van der Waals surface area contributed by atoms with E-state index in [1.165, 1.54) is 17.7 Å². The van der Waals surface area contributed by atoms with Gasteiger partial charge in [0.1, 0.15) is 17.8 Å². The highest BCUT2D eigenvalue weighted by molar-refractivity contribution is 5.77. The van der Waals surface area contributed by atoms with Crippen molar-refractivity contribution < 1.29 is 4.39 Å². The topological polar surface area (TPSA) is 58.9 Å². The summed E-state index contributed by atoms with van der Waals surface area (Å²) in [6, 6.07) is 14.5. The lowest BCUT2D eigenvalue weighted by Crippen LogP contribution is -2.14. The molecular weight excluding hydrogens is 355 g/mol. The van der Waals surface area contributed by atoms with Gasteiger partial charge in [0.2, 0.25) is 0 Å². The van der Waals surface area contributed by atoms with Gasteiger partial charge in [-0.25, -0.2) is 9.37 Å². The molecule has 7 heteroatoms. The minimum Gasteiger partial charge on any atom is -0.309 e. The maximum absolute atomic E-state index is 13.1. The van der Waals surface area contributed by atoms with Gasteiger partial charge in [-0.1, -0.05) is 24.3 Å². The zero-order valence-electron chi connectivity index (χ0n) is 15.8. The molecule has 0 atom stereocenters. The fourth-order valence-corrected chi connectivity index (χ4v) is 2.94. The van der Waals surface area contributed by atoms with Gasteiger partial charge in [0, 0.05) is 18.3 Å². The summed E-state index contributed by atoms with van der Waals surface area (Å²) in [5, 5.41) is 8.50. The summed E-state index contributed by atoms with van der Waals surface area (Å²) in [4.78, 5) is 6.52. The van der Waals surface area contributed by atoms with E-state index in [-0.39, 0.29) is 5.82 Å². The van der Waals surface area contributed by atoms with Gasteiger partial charge < -0.3 is 4.90 Å². The number of fused-ring (bicyclic) bond motifs is 1. The molecule has 28 heavy (non-hydrogen) atoms. The molecule has 4 rings (SSSR count). The first-order valence-corrected chi connectivity index (χ1v) is 9.05. The molecule has 6 nitrogen and oxygen atoms in total. The van der Waals surface area contributed by atoms with Crippen molar-refractivity contribution in [3.05, 3.63) is 72.4 Å². The molecule has 2 aliphatic rings. The van der Waals surface area contributed by atoms with Gasteiger partial charge >= 0.3 is 0 Å². The fraction of sp³-hybridized carbons (Fsp3) is 0.190. The number of anilines is 1. The molecule has 0 saturated carbocycles. The Balaban J connectivity index is 1.58. The van der Waals surface area contributed by atoms with Crippen molar-refractivity contribution >= 4 is 5.69 Å². The quantitative estimate of drug-likeness (QED) is 0.558. The van der Waals surface area contributed by atoms with Gasteiger partial charge in [-0.2, -0.15) is 0 Å². The Hall–Kier alpha value is -3.32. The Kier molecular flexibility index (Phi) is 4.99. The summed E-state index contributed by atoms with van der Waals surface area (Å²) in [7, 11) is 4.14. The van der Waals surface area contributed by atoms with Crippen LogP contribution in [0.25, 0.3) is 22.6 Å². The predicted molar refractivity (Wildman–Crippen MR) is 108 cm³/mol. The zero-order chi connectivity index (χ0) is 19.5. The van der Waals surface area contributed by atoms with Crippen molar-refractivity contribution in [2.45, 2.75) is 6.42 Å². The smallest absolute Gasteiger partial charge is 0.187 e. The van der Waals surface area contributed by atoms with E-state index in [1.54, 1.807) is 23.1 Å². The molecule has 0 bridgehead atoms. The molecule has 0 amide bonds. The van der Waals surface area contributed by atoms with Crippen LogP contribution >= 0.6 is 0 Å². The molecule has 0 unspecified atom stereocenters. The van der Waals surface area contributed by atoms with Crippen LogP contribution in [0.15, 0.2) is 61.1 Å². The third kappa shape index (κ3) is 3.99. The van der Waals surface area contributed by atoms with Crippen molar-refractivity contribution in [2.24, 2.45) is 0 Å². The average Bonchev–Trinajstić information content (AvgIpc) is 3.12. The van der Waals surface area contributed by atoms with Gasteiger partial charge in [0.15, 0.2) is 5.82 Å². The van der Waals surface area contributed by atoms with E-state index < -0.39 is 0 Å². The van der Waals surface area contributed by atoms with Crippen LogP contribution in [0.2, 0.25) is 0 Å². The number of rotatable bonds is 6. The second kappa shape index (κ2) is 7.74. The number of hydrogen-bond acceptors (Lipinski definition) is 5. The minimum atomic E-state index is -0.273. The standard InChI is InChI=1S/C21H21FN6/c1-27(2)12-11-15-3-5-16(6-4-15)20-19-13-28(14-23-21(19)25-24-20)26-18-9-7-17(22)8-10-18/h3-10,13-14,26H,11-12H2,1-2H3. The number of likely N-dealkylation sites (N-methyl/N-ethyl adjacent to an activating group) is 1. The van der Waals surface area contributed by atoms with Crippen LogP contribution in [0.4, 0.5) is 10.1 Å². The van der Waals surface area contributed by atoms with E-state index in [9.17, 15) is 4.39 Å². The van der Waals surface area contributed by atoms with E-state index in [1.807, 2.05) is 6.20 Å². The first-order valence-electron chi connectivity index (χ1n) is 9.05. The number of nitrogens with one attached hydrogen (secondary N) is 1. The fourth-order valence-electron chi connectivity index (χ4n) is 2.94. The molecule has 0 fully saturated rings. The van der Waals surface area contributed by atoms with Crippen molar-refractivity contribution in [3.8, 4) is 22.6 Å². The molecule has 2 heterocycles. The highest BCUT2D eigenvalue weighted by Gasteiger charge is 2.17. The Morgan fingerprint density at radius 1 is 1.00 bits per heavy atom. The first kappa shape index (κ1) is 18.1.